The minimum atomic E-state index is -4.47. The Hall–Kier alpha value is -3.84. The third-order valence-electron chi connectivity index (χ3n) is 5.94. The summed E-state index contributed by atoms with van der Waals surface area (Å²) in [6, 6.07) is 27.4. The van der Waals surface area contributed by atoms with Crippen LogP contribution in [-0.4, -0.2) is 12.4 Å². The van der Waals surface area contributed by atoms with Crippen LogP contribution in [0.3, 0.4) is 0 Å². The molecule has 0 saturated heterocycles. The maximum absolute atomic E-state index is 14.0. The van der Waals surface area contributed by atoms with Gasteiger partial charge in [0.15, 0.2) is 0 Å². The summed E-state index contributed by atoms with van der Waals surface area (Å²) in [6.45, 7) is 1.87. The molecule has 4 aromatic carbocycles. The molecular formula is C28H20F3NO2S. The van der Waals surface area contributed by atoms with Gasteiger partial charge in [0, 0.05) is 10.9 Å². The molecule has 0 bridgehead atoms. The van der Waals surface area contributed by atoms with Crippen molar-refractivity contribution >= 4 is 20.9 Å². The first-order chi connectivity index (χ1) is 16.7. The van der Waals surface area contributed by atoms with Gasteiger partial charge in [-0.25, -0.2) is 12.4 Å². The van der Waals surface area contributed by atoms with Gasteiger partial charge in [-0.15, -0.1) is 0 Å². The van der Waals surface area contributed by atoms with E-state index in [0.717, 1.165) is 17.7 Å². The topological polar surface area (TPSA) is 39.1 Å². The molecule has 0 unspecified atom stereocenters. The Morgan fingerprint density at radius 3 is 1.91 bits per heavy atom. The number of aromatic nitrogens is 1. The third kappa shape index (κ3) is 4.02. The van der Waals surface area contributed by atoms with E-state index in [9.17, 15) is 21.6 Å². The molecule has 0 aliphatic carbocycles. The number of alkyl halides is 3. The minimum absolute atomic E-state index is 0.125. The van der Waals surface area contributed by atoms with Crippen LogP contribution in [0.4, 0.5) is 13.2 Å². The molecular weight excluding hydrogens is 471 g/mol. The van der Waals surface area contributed by atoms with Crippen molar-refractivity contribution in [3.05, 3.63) is 114 Å². The molecule has 0 N–H and O–H groups in total. The van der Waals surface area contributed by atoms with E-state index in [1.807, 2.05) is 13.0 Å². The lowest BCUT2D eigenvalue weighted by Gasteiger charge is -2.14. The summed E-state index contributed by atoms with van der Waals surface area (Å²) in [5.74, 6) is 0. The van der Waals surface area contributed by atoms with Gasteiger partial charge in [0.05, 0.1) is 21.7 Å². The summed E-state index contributed by atoms with van der Waals surface area (Å²) in [7, 11) is -4.04. The van der Waals surface area contributed by atoms with E-state index in [4.69, 9.17) is 0 Å². The lowest BCUT2D eigenvalue weighted by molar-refractivity contribution is -0.137. The van der Waals surface area contributed by atoms with E-state index in [2.05, 4.69) is 0 Å². The molecule has 0 spiro atoms. The Morgan fingerprint density at radius 1 is 0.686 bits per heavy atom. The number of rotatable bonds is 4. The first-order valence-corrected chi connectivity index (χ1v) is 12.3. The van der Waals surface area contributed by atoms with Crippen LogP contribution >= 0.6 is 0 Å². The molecule has 3 nitrogen and oxygen atoms in total. The van der Waals surface area contributed by atoms with E-state index in [-0.39, 0.29) is 4.90 Å². The Morgan fingerprint density at radius 2 is 1.29 bits per heavy atom. The summed E-state index contributed by atoms with van der Waals surface area (Å²) in [5.41, 5.74) is 2.68. The molecule has 5 rings (SSSR count). The summed E-state index contributed by atoms with van der Waals surface area (Å²) in [5, 5.41) is 0.627. The standard InChI is InChI=1S/C28H20F3NO2S/c1-19-11-17-23(18-12-19)35(33,34)32-25-10-6-5-9-24(25)26(27(32)21-7-3-2-4-8-21)20-13-15-22(16-14-20)28(29,30)31/h2-18H,1H3. The monoisotopic (exact) mass is 491 g/mol. The van der Waals surface area contributed by atoms with Gasteiger partial charge in [-0.05, 0) is 48.4 Å². The molecule has 0 radical (unpaired) electrons. The lowest BCUT2D eigenvalue weighted by atomic mass is 9.97. The van der Waals surface area contributed by atoms with Gasteiger partial charge >= 0.3 is 6.18 Å². The number of aryl methyl sites for hydroxylation is 1. The van der Waals surface area contributed by atoms with Gasteiger partial charge in [0.1, 0.15) is 0 Å². The second kappa shape index (κ2) is 8.43. The predicted molar refractivity (Wildman–Crippen MR) is 132 cm³/mol. The highest BCUT2D eigenvalue weighted by Crippen LogP contribution is 2.43. The van der Waals surface area contributed by atoms with E-state index in [0.29, 0.717) is 33.3 Å². The number of para-hydroxylation sites is 1. The Labute approximate surface area is 201 Å². The number of nitrogens with zero attached hydrogens (tertiary/aromatic N) is 1. The quantitative estimate of drug-likeness (QED) is 0.261. The molecule has 0 aliphatic rings. The van der Waals surface area contributed by atoms with Gasteiger partial charge < -0.3 is 0 Å². The van der Waals surface area contributed by atoms with Gasteiger partial charge in [0.2, 0.25) is 0 Å². The van der Waals surface area contributed by atoms with Crippen LogP contribution in [0.25, 0.3) is 33.3 Å². The molecule has 176 valence electrons. The zero-order chi connectivity index (χ0) is 24.8. The normalized spacial score (nSPS) is 12.2. The first kappa shape index (κ1) is 22.9. The van der Waals surface area contributed by atoms with Crippen molar-refractivity contribution in [2.24, 2.45) is 0 Å². The highest BCUT2D eigenvalue weighted by Gasteiger charge is 2.31. The van der Waals surface area contributed by atoms with Crippen molar-refractivity contribution in [1.29, 1.82) is 0 Å². The molecule has 7 heteroatoms. The summed E-state index contributed by atoms with van der Waals surface area (Å²) in [6.07, 6.45) is -4.47. The highest BCUT2D eigenvalue weighted by atomic mass is 32.2. The van der Waals surface area contributed by atoms with E-state index >= 15 is 0 Å². The largest absolute Gasteiger partial charge is 0.416 e. The van der Waals surface area contributed by atoms with E-state index in [1.54, 1.807) is 72.8 Å². The van der Waals surface area contributed by atoms with Gasteiger partial charge in [0.25, 0.3) is 10.0 Å². The Balaban J connectivity index is 1.88. The van der Waals surface area contributed by atoms with Gasteiger partial charge in [-0.3, -0.25) is 0 Å². The zero-order valence-electron chi connectivity index (χ0n) is 18.6. The molecule has 1 heterocycles. The molecule has 35 heavy (non-hydrogen) atoms. The van der Waals surface area contributed by atoms with Crippen molar-refractivity contribution in [1.82, 2.24) is 3.97 Å². The fourth-order valence-electron chi connectivity index (χ4n) is 4.25. The molecule has 0 amide bonds. The van der Waals surface area contributed by atoms with E-state index < -0.39 is 21.8 Å². The number of hydrogen-bond acceptors (Lipinski definition) is 2. The Bertz CT molecular complexity index is 1620. The van der Waals surface area contributed by atoms with Crippen molar-refractivity contribution in [3.8, 4) is 22.4 Å². The van der Waals surface area contributed by atoms with Crippen LogP contribution in [0.2, 0.25) is 0 Å². The lowest BCUT2D eigenvalue weighted by Crippen LogP contribution is -2.14. The number of fused-ring (bicyclic) bond motifs is 1. The van der Waals surface area contributed by atoms with Crippen molar-refractivity contribution in [2.75, 3.05) is 0 Å². The predicted octanol–water partition coefficient (Wildman–Crippen LogP) is 7.54. The number of benzene rings is 4. The van der Waals surface area contributed by atoms with Crippen LogP contribution in [0.5, 0.6) is 0 Å². The van der Waals surface area contributed by atoms with Crippen LogP contribution in [0.1, 0.15) is 11.1 Å². The molecule has 5 aromatic rings. The highest BCUT2D eigenvalue weighted by molar-refractivity contribution is 7.90. The van der Waals surface area contributed by atoms with Crippen molar-refractivity contribution in [2.45, 2.75) is 18.0 Å². The van der Waals surface area contributed by atoms with Crippen molar-refractivity contribution < 1.29 is 21.6 Å². The van der Waals surface area contributed by atoms with Crippen LogP contribution in [-0.2, 0) is 16.2 Å². The maximum Gasteiger partial charge on any atom is 0.416 e. The molecule has 0 saturated carbocycles. The number of halogens is 3. The third-order valence-corrected chi connectivity index (χ3v) is 7.67. The fourth-order valence-corrected chi connectivity index (χ4v) is 5.80. The molecule has 0 aliphatic heterocycles. The van der Waals surface area contributed by atoms with Gasteiger partial charge in [-0.2, -0.15) is 13.2 Å². The first-order valence-electron chi connectivity index (χ1n) is 10.9. The minimum Gasteiger partial charge on any atom is -0.233 e. The van der Waals surface area contributed by atoms with E-state index in [1.165, 1.54) is 16.1 Å². The summed E-state index contributed by atoms with van der Waals surface area (Å²) in [4.78, 5) is 0.125. The van der Waals surface area contributed by atoms with Crippen molar-refractivity contribution in [3.63, 3.8) is 0 Å². The average molecular weight is 492 g/mol. The number of hydrogen-bond donors (Lipinski definition) is 0. The zero-order valence-corrected chi connectivity index (χ0v) is 19.4. The van der Waals surface area contributed by atoms with Crippen LogP contribution in [0.15, 0.2) is 108 Å². The molecule has 0 atom stereocenters. The smallest absolute Gasteiger partial charge is 0.233 e. The molecule has 0 fully saturated rings. The van der Waals surface area contributed by atoms with Gasteiger partial charge in [-0.1, -0.05) is 78.4 Å². The average Bonchev–Trinajstić information content (AvgIpc) is 3.20. The second-order valence-corrected chi connectivity index (χ2v) is 10.1. The maximum atomic E-state index is 14.0. The molecule has 1 aromatic heterocycles. The summed E-state index contributed by atoms with van der Waals surface area (Å²) >= 11 is 0. The Kier molecular flexibility index (Phi) is 5.52. The van der Waals surface area contributed by atoms with Crippen LogP contribution in [0, 0.1) is 6.92 Å². The van der Waals surface area contributed by atoms with Crippen LogP contribution < -0.4 is 0 Å². The SMILES string of the molecule is Cc1ccc(S(=O)(=O)n2c(-c3ccccc3)c(-c3ccc(C(F)(F)F)cc3)c3ccccc32)cc1. The summed E-state index contributed by atoms with van der Waals surface area (Å²) < 4.78 is 68.9. The fraction of sp³-hybridized carbons (Fsp3) is 0.0714. The second-order valence-electron chi connectivity index (χ2n) is 8.26.